The minimum atomic E-state index is 0.556. The molecule has 0 aromatic heterocycles. The van der Waals surface area contributed by atoms with E-state index in [9.17, 15) is 0 Å². The van der Waals surface area contributed by atoms with Gasteiger partial charge in [0.2, 0.25) is 0 Å². The van der Waals surface area contributed by atoms with E-state index in [-0.39, 0.29) is 0 Å². The lowest BCUT2D eigenvalue weighted by atomic mass is 10.3. The number of rotatable bonds is 8. The van der Waals surface area contributed by atoms with Crippen LogP contribution < -0.4 is 0 Å². The first-order valence-corrected chi connectivity index (χ1v) is 4.93. The molecule has 0 radical (unpaired) electrons. The molecule has 76 valence electrons. The molecule has 0 fully saturated rings. The smallest absolute Gasteiger partial charge is 0.0865 e. The number of nitrogens with zero attached hydrogens (tertiary/aromatic N) is 2. The number of ether oxygens (including phenoxy) is 1. The van der Waals surface area contributed by atoms with E-state index in [1.165, 1.54) is 0 Å². The Morgan fingerprint density at radius 2 is 2.08 bits per heavy atom. The van der Waals surface area contributed by atoms with Gasteiger partial charge in [-0.15, -0.1) is 0 Å². The highest BCUT2D eigenvalue weighted by molar-refractivity contribution is 4.75. The second-order valence-corrected chi connectivity index (χ2v) is 3.13. The van der Waals surface area contributed by atoms with E-state index in [1.54, 1.807) is 7.11 Å². The van der Waals surface area contributed by atoms with Gasteiger partial charge in [-0.25, -0.2) is 0 Å². The van der Waals surface area contributed by atoms with Gasteiger partial charge in [0.05, 0.1) is 12.6 Å². The number of hydrogen-bond acceptors (Lipinski definition) is 3. The Labute approximate surface area is 81.3 Å². The standard InChI is InChI=1S/C10H20N2O/c1-3-7-12(9-6-11)8-4-5-10-13-2/h3-5,7-10H2,1-2H3. The van der Waals surface area contributed by atoms with Crippen molar-refractivity contribution in [2.45, 2.75) is 26.2 Å². The van der Waals surface area contributed by atoms with Crippen molar-refractivity contribution < 1.29 is 4.74 Å². The van der Waals surface area contributed by atoms with Crippen LogP contribution in [0.4, 0.5) is 0 Å². The monoisotopic (exact) mass is 184 g/mol. The Kier molecular flexibility index (Phi) is 9.07. The van der Waals surface area contributed by atoms with Gasteiger partial charge in [0.15, 0.2) is 0 Å². The fourth-order valence-corrected chi connectivity index (χ4v) is 1.27. The highest BCUT2D eigenvalue weighted by Gasteiger charge is 2.01. The molecule has 0 saturated heterocycles. The molecule has 0 N–H and O–H groups in total. The molecule has 3 nitrogen and oxygen atoms in total. The maximum absolute atomic E-state index is 8.55. The Balaban J connectivity index is 3.40. The Hall–Kier alpha value is -0.590. The average molecular weight is 184 g/mol. The summed E-state index contributed by atoms with van der Waals surface area (Å²) >= 11 is 0. The summed E-state index contributed by atoms with van der Waals surface area (Å²) in [6, 6.07) is 2.19. The van der Waals surface area contributed by atoms with Gasteiger partial charge in [-0.05, 0) is 32.4 Å². The van der Waals surface area contributed by atoms with Crippen molar-refractivity contribution in [2.75, 3.05) is 33.4 Å². The van der Waals surface area contributed by atoms with Crippen molar-refractivity contribution in [1.29, 1.82) is 5.26 Å². The van der Waals surface area contributed by atoms with Crippen molar-refractivity contribution in [3.63, 3.8) is 0 Å². The predicted octanol–water partition coefficient (Wildman–Crippen LogP) is 1.65. The van der Waals surface area contributed by atoms with Crippen LogP contribution in [0.25, 0.3) is 0 Å². The predicted molar refractivity (Wildman–Crippen MR) is 53.5 cm³/mol. The van der Waals surface area contributed by atoms with E-state index in [2.05, 4.69) is 17.9 Å². The maximum atomic E-state index is 8.55. The summed E-state index contributed by atoms with van der Waals surface area (Å²) in [6.07, 6.45) is 3.32. The lowest BCUT2D eigenvalue weighted by Crippen LogP contribution is -2.26. The Morgan fingerprint density at radius 1 is 1.31 bits per heavy atom. The van der Waals surface area contributed by atoms with E-state index in [0.29, 0.717) is 6.54 Å². The van der Waals surface area contributed by atoms with Gasteiger partial charge >= 0.3 is 0 Å². The molecule has 0 unspecified atom stereocenters. The first kappa shape index (κ1) is 12.4. The molecular formula is C10H20N2O. The van der Waals surface area contributed by atoms with Crippen LogP contribution in [0.3, 0.4) is 0 Å². The molecule has 0 amide bonds. The quantitative estimate of drug-likeness (QED) is 0.425. The third-order valence-corrected chi connectivity index (χ3v) is 1.91. The van der Waals surface area contributed by atoms with E-state index in [4.69, 9.17) is 10.00 Å². The molecule has 0 bridgehead atoms. The van der Waals surface area contributed by atoms with Crippen LogP contribution in [-0.2, 0) is 4.74 Å². The van der Waals surface area contributed by atoms with Gasteiger partial charge in [-0.1, -0.05) is 6.92 Å². The summed E-state index contributed by atoms with van der Waals surface area (Å²) in [4.78, 5) is 2.19. The van der Waals surface area contributed by atoms with E-state index in [0.717, 1.165) is 39.0 Å². The number of nitriles is 1. The van der Waals surface area contributed by atoms with Crippen molar-refractivity contribution in [3.8, 4) is 6.07 Å². The molecule has 0 aromatic carbocycles. The number of hydrogen-bond donors (Lipinski definition) is 0. The molecule has 0 aromatic rings. The summed E-state index contributed by atoms with van der Waals surface area (Å²) in [5, 5.41) is 8.55. The summed E-state index contributed by atoms with van der Waals surface area (Å²) in [6.45, 7) is 5.57. The molecule has 0 atom stereocenters. The first-order valence-electron chi connectivity index (χ1n) is 4.93. The normalized spacial score (nSPS) is 10.3. The SMILES string of the molecule is CCCN(CC#N)CCCCOC. The van der Waals surface area contributed by atoms with Crippen LogP contribution in [-0.4, -0.2) is 38.3 Å². The van der Waals surface area contributed by atoms with Crippen LogP contribution in [0.15, 0.2) is 0 Å². The first-order chi connectivity index (χ1) is 6.35. The van der Waals surface area contributed by atoms with Crippen molar-refractivity contribution in [1.82, 2.24) is 4.90 Å². The van der Waals surface area contributed by atoms with Crippen LogP contribution in [0, 0.1) is 11.3 Å². The number of unbranched alkanes of at least 4 members (excludes halogenated alkanes) is 1. The largest absolute Gasteiger partial charge is 0.385 e. The maximum Gasteiger partial charge on any atom is 0.0865 e. The van der Waals surface area contributed by atoms with Crippen LogP contribution in [0.5, 0.6) is 0 Å². The minimum Gasteiger partial charge on any atom is -0.385 e. The summed E-state index contributed by atoms with van der Waals surface area (Å²) in [5.41, 5.74) is 0. The fourth-order valence-electron chi connectivity index (χ4n) is 1.27. The third-order valence-electron chi connectivity index (χ3n) is 1.91. The zero-order valence-electron chi connectivity index (χ0n) is 8.75. The summed E-state index contributed by atoms with van der Waals surface area (Å²) in [7, 11) is 1.72. The molecule has 13 heavy (non-hydrogen) atoms. The zero-order valence-corrected chi connectivity index (χ0v) is 8.75. The second-order valence-electron chi connectivity index (χ2n) is 3.13. The minimum absolute atomic E-state index is 0.556. The molecule has 0 spiro atoms. The zero-order chi connectivity index (χ0) is 9.94. The van der Waals surface area contributed by atoms with E-state index < -0.39 is 0 Å². The van der Waals surface area contributed by atoms with Crippen molar-refractivity contribution in [2.24, 2.45) is 0 Å². The van der Waals surface area contributed by atoms with Crippen molar-refractivity contribution >= 4 is 0 Å². The molecule has 0 rings (SSSR count). The Morgan fingerprint density at radius 3 is 2.62 bits per heavy atom. The molecule has 0 aliphatic rings. The Bertz CT molecular complexity index is 142. The molecular weight excluding hydrogens is 164 g/mol. The van der Waals surface area contributed by atoms with E-state index >= 15 is 0 Å². The van der Waals surface area contributed by atoms with Crippen LogP contribution in [0.2, 0.25) is 0 Å². The van der Waals surface area contributed by atoms with Gasteiger partial charge < -0.3 is 4.74 Å². The topological polar surface area (TPSA) is 36.3 Å². The highest BCUT2D eigenvalue weighted by Crippen LogP contribution is 1.96. The van der Waals surface area contributed by atoms with Crippen LogP contribution >= 0.6 is 0 Å². The van der Waals surface area contributed by atoms with Gasteiger partial charge in [0, 0.05) is 13.7 Å². The van der Waals surface area contributed by atoms with E-state index in [1.807, 2.05) is 0 Å². The van der Waals surface area contributed by atoms with Gasteiger partial charge in [0.1, 0.15) is 0 Å². The lowest BCUT2D eigenvalue weighted by Gasteiger charge is -2.17. The van der Waals surface area contributed by atoms with Gasteiger partial charge in [-0.2, -0.15) is 5.26 Å². The van der Waals surface area contributed by atoms with Crippen molar-refractivity contribution in [3.05, 3.63) is 0 Å². The van der Waals surface area contributed by atoms with Gasteiger partial charge in [0.25, 0.3) is 0 Å². The highest BCUT2D eigenvalue weighted by atomic mass is 16.5. The molecule has 0 saturated carbocycles. The lowest BCUT2D eigenvalue weighted by molar-refractivity contribution is 0.186. The molecule has 0 aliphatic heterocycles. The number of methoxy groups -OCH3 is 1. The summed E-state index contributed by atoms with van der Waals surface area (Å²) in [5.74, 6) is 0. The average Bonchev–Trinajstić information content (AvgIpc) is 2.13. The van der Waals surface area contributed by atoms with Crippen LogP contribution in [0.1, 0.15) is 26.2 Å². The summed E-state index contributed by atoms with van der Waals surface area (Å²) < 4.78 is 4.96. The molecule has 0 heterocycles. The third kappa shape index (κ3) is 7.76. The molecule has 0 aliphatic carbocycles. The second kappa shape index (κ2) is 9.50. The molecule has 3 heteroatoms. The van der Waals surface area contributed by atoms with Gasteiger partial charge in [-0.3, -0.25) is 4.90 Å². The fraction of sp³-hybridized carbons (Fsp3) is 0.900.